The number of aromatic nitrogens is 3. The lowest BCUT2D eigenvalue weighted by atomic mass is 9.87. The molecule has 0 saturated heterocycles. The molecule has 0 bridgehead atoms. The lowest BCUT2D eigenvalue weighted by molar-refractivity contribution is 0.355. The van der Waals surface area contributed by atoms with Crippen LogP contribution in [-0.2, 0) is 5.54 Å². The molecule has 0 unspecified atom stereocenters. The van der Waals surface area contributed by atoms with E-state index in [4.69, 9.17) is 16.9 Å². The number of thioether (sulfide) groups is 1. The van der Waals surface area contributed by atoms with Gasteiger partial charge in [0, 0.05) is 22.7 Å². The van der Waals surface area contributed by atoms with E-state index in [-0.39, 0.29) is 17.7 Å². The highest BCUT2D eigenvalue weighted by atomic mass is 32.2. The van der Waals surface area contributed by atoms with Crippen molar-refractivity contribution in [1.29, 1.82) is 0 Å². The van der Waals surface area contributed by atoms with Crippen LogP contribution in [0.3, 0.4) is 0 Å². The molecule has 158 valence electrons. The number of halogens is 1. The predicted octanol–water partition coefficient (Wildman–Crippen LogP) is 3.97. The highest BCUT2D eigenvalue weighted by Gasteiger charge is 2.35. The fraction of sp³-hybridized carbons (Fsp3) is 0.273. The summed E-state index contributed by atoms with van der Waals surface area (Å²) in [4.78, 5) is 17.7. The highest BCUT2D eigenvalue weighted by Crippen LogP contribution is 2.40. The number of hydrogen-bond donors (Lipinski definition) is 2. The van der Waals surface area contributed by atoms with Crippen molar-refractivity contribution >= 4 is 39.5 Å². The summed E-state index contributed by atoms with van der Waals surface area (Å²) < 4.78 is 20.1. The van der Waals surface area contributed by atoms with E-state index in [1.54, 1.807) is 24.4 Å². The number of anilines is 2. The number of pyridine rings is 1. The summed E-state index contributed by atoms with van der Waals surface area (Å²) in [6.07, 6.45) is 8.99. The maximum atomic E-state index is 14.8. The number of rotatable bonds is 5. The zero-order valence-corrected chi connectivity index (χ0v) is 17.9. The average Bonchev–Trinajstić information content (AvgIpc) is 2.72. The van der Waals surface area contributed by atoms with Crippen LogP contribution in [0.4, 0.5) is 15.9 Å². The molecule has 0 aliphatic carbocycles. The van der Waals surface area contributed by atoms with E-state index >= 15 is 0 Å². The van der Waals surface area contributed by atoms with Crippen molar-refractivity contribution in [2.24, 2.45) is 10.7 Å². The second-order valence-corrected chi connectivity index (χ2v) is 8.86. The van der Waals surface area contributed by atoms with E-state index in [1.165, 1.54) is 24.0 Å². The minimum Gasteiger partial charge on any atom is -0.463 e. The number of fused-ring (bicyclic) bond motifs is 1. The van der Waals surface area contributed by atoms with Crippen LogP contribution in [0.1, 0.15) is 25.8 Å². The van der Waals surface area contributed by atoms with Gasteiger partial charge in [0.25, 0.3) is 0 Å². The van der Waals surface area contributed by atoms with E-state index in [0.717, 1.165) is 0 Å². The number of ether oxygens (including phenoxy) is 1. The fourth-order valence-corrected chi connectivity index (χ4v) is 4.72. The molecule has 0 saturated carbocycles. The fourth-order valence-electron chi connectivity index (χ4n) is 3.65. The maximum absolute atomic E-state index is 14.8. The van der Waals surface area contributed by atoms with Crippen molar-refractivity contribution in [3.63, 3.8) is 0 Å². The number of nitrogens with zero attached hydrogens (tertiary/aromatic N) is 4. The van der Waals surface area contributed by atoms with Gasteiger partial charge in [0.2, 0.25) is 5.88 Å². The van der Waals surface area contributed by atoms with Crippen molar-refractivity contribution < 1.29 is 9.13 Å². The molecule has 7 nitrogen and oxygen atoms in total. The molecule has 2 aromatic heterocycles. The molecule has 1 aliphatic rings. The average molecular weight is 437 g/mol. The molecule has 2 atom stereocenters. The van der Waals surface area contributed by atoms with Crippen LogP contribution in [0.5, 0.6) is 5.88 Å². The second kappa shape index (κ2) is 8.40. The number of nitrogens with two attached hydrogens (primary N) is 1. The standard InChI is InChI=1S/C22H21FN6OS/c1-4-9-30-18-12-26-19-17(28-18)7-8-25-20(19)27-14-5-6-16(23)15(10-14)22(3)11-13(2)31-21(24)29-22/h1,5-8,10,12-13H,9,11H2,2-3H3,(H2,24,29)(H,25,27)/t13-,22+/m1/s1. The monoisotopic (exact) mass is 436 g/mol. The first-order valence-electron chi connectivity index (χ1n) is 9.65. The molecule has 0 amide bonds. The Morgan fingerprint density at radius 1 is 1.39 bits per heavy atom. The van der Waals surface area contributed by atoms with Crippen LogP contribution in [0.15, 0.2) is 41.7 Å². The lowest BCUT2D eigenvalue weighted by Crippen LogP contribution is -2.33. The first kappa shape index (κ1) is 20.9. The van der Waals surface area contributed by atoms with Crippen molar-refractivity contribution in [2.75, 3.05) is 11.9 Å². The number of nitrogens with one attached hydrogen (secondary N) is 1. The van der Waals surface area contributed by atoms with Gasteiger partial charge in [0.15, 0.2) is 17.6 Å². The molecule has 0 spiro atoms. The van der Waals surface area contributed by atoms with Crippen LogP contribution < -0.4 is 15.8 Å². The molecule has 1 aliphatic heterocycles. The summed E-state index contributed by atoms with van der Waals surface area (Å²) in [5.41, 5.74) is 7.52. The normalized spacial score (nSPS) is 20.7. The Morgan fingerprint density at radius 2 is 2.23 bits per heavy atom. The maximum Gasteiger partial charge on any atom is 0.233 e. The topological polar surface area (TPSA) is 98.3 Å². The van der Waals surface area contributed by atoms with Gasteiger partial charge < -0.3 is 15.8 Å². The minimum atomic E-state index is -0.744. The summed E-state index contributed by atoms with van der Waals surface area (Å²) in [5, 5.41) is 3.92. The Labute approximate surface area is 183 Å². The summed E-state index contributed by atoms with van der Waals surface area (Å²) in [6.45, 7) is 4.07. The van der Waals surface area contributed by atoms with E-state index in [1.807, 2.05) is 6.92 Å². The SMILES string of the molecule is C#CCOc1cnc2c(Nc3ccc(F)c([C@]4(C)C[C@@H](C)SC(N)=N4)c3)nccc2n1. The summed E-state index contributed by atoms with van der Waals surface area (Å²) in [6, 6.07) is 6.54. The van der Waals surface area contributed by atoms with E-state index in [2.05, 4.69) is 38.1 Å². The van der Waals surface area contributed by atoms with Gasteiger partial charge in [-0.3, -0.25) is 4.99 Å². The predicted molar refractivity (Wildman–Crippen MR) is 122 cm³/mol. The molecule has 3 N–H and O–H groups in total. The quantitative estimate of drug-likeness (QED) is 0.584. The first-order chi connectivity index (χ1) is 14.9. The molecular formula is C22H21FN6OS. The van der Waals surface area contributed by atoms with Gasteiger partial charge >= 0.3 is 0 Å². The third-order valence-electron chi connectivity index (χ3n) is 4.91. The van der Waals surface area contributed by atoms with Gasteiger partial charge in [-0.15, -0.1) is 6.42 Å². The van der Waals surface area contributed by atoms with Crippen molar-refractivity contribution in [3.8, 4) is 18.2 Å². The van der Waals surface area contributed by atoms with E-state index in [9.17, 15) is 4.39 Å². The van der Waals surface area contributed by atoms with Crippen LogP contribution in [0.2, 0.25) is 0 Å². The van der Waals surface area contributed by atoms with Gasteiger partial charge in [-0.1, -0.05) is 24.6 Å². The molecular weight excluding hydrogens is 415 g/mol. The minimum absolute atomic E-state index is 0.109. The molecule has 1 aromatic carbocycles. The third-order valence-corrected chi connectivity index (χ3v) is 5.82. The smallest absolute Gasteiger partial charge is 0.233 e. The molecule has 3 aromatic rings. The number of benzene rings is 1. The van der Waals surface area contributed by atoms with Crippen molar-refractivity contribution in [2.45, 2.75) is 31.1 Å². The third kappa shape index (κ3) is 4.39. The van der Waals surface area contributed by atoms with Crippen LogP contribution >= 0.6 is 11.8 Å². The largest absolute Gasteiger partial charge is 0.463 e. The van der Waals surface area contributed by atoms with Gasteiger partial charge in [-0.25, -0.2) is 19.3 Å². The van der Waals surface area contributed by atoms with Crippen molar-refractivity contribution in [1.82, 2.24) is 15.0 Å². The van der Waals surface area contributed by atoms with Gasteiger partial charge in [-0.05, 0) is 37.6 Å². The number of aliphatic imine (C=N–C) groups is 1. The number of hydrogen-bond acceptors (Lipinski definition) is 8. The molecule has 3 heterocycles. The summed E-state index contributed by atoms with van der Waals surface area (Å²) in [7, 11) is 0. The molecule has 0 fully saturated rings. The van der Waals surface area contributed by atoms with Crippen molar-refractivity contribution in [3.05, 3.63) is 48.0 Å². The lowest BCUT2D eigenvalue weighted by Gasteiger charge is -2.33. The summed E-state index contributed by atoms with van der Waals surface area (Å²) >= 11 is 1.50. The van der Waals surface area contributed by atoms with E-state index < -0.39 is 5.54 Å². The zero-order valence-electron chi connectivity index (χ0n) is 17.1. The number of amidine groups is 1. The molecule has 0 radical (unpaired) electrons. The molecule has 4 rings (SSSR count). The molecule has 9 heteroatoms. The highest BCUT2D eigenvalue weighted by molar-refractivity contribution is 8.14. The van der Waals surface area contributed by atoms with Gasteiger partial charge in [-0.2, -0.15) is 0 Å². The first-order valence-corrected chi connectivity index (χ1v) is 10.5. The number of terminal acetylenes is 1. The second-order valence-electron chi connectivity index (χ2n) is 7.40. The Bertz CT molecular complexity index is 1210. The Balaban J connectivity index is 1.68. The Hall–Kier alpha value is -3.38. The Kier molecular flexibility index (Phi) is 5.65. The van der Waals surface area contributed by atoms with Crippen LogP contribution in [0.25, 0.3) is 11.0 Å². The Morgan fingerprint density at radius 3 is 3.00 bits per heavy atom. The van der Waals surface area contributed by atoms with Crippen LogP contribution in [-0.4, -0.2) is 32.0 Å². The molecule has 31 heavy (non-hydrogen) atoms. The van der Waals surface area contributed by atoms with Gasteiger partial charge in [0.05, 0.1) is 17.3 Å². The summed E-state index contributed by atoms with van der Waals surface area (Å²) in [5.74, 6) is 2.89. The van der Waals surface area contributed by atoms with Gasteiger partial charge in [0.1, 0.15) is 11.3 Å². The van der Waals surface area contributed by atoms with E-state index in [0.29, 0.717) is 45.6 Å². The van der Waals surface area contributed by atoms with Crippen LogP contribution in [0, 0.1) is 18.2 Å². The zero-order chi connectivity index (χ0) is 22.0.